The molecule has 0 radical (unpaired) electrons. The number of ether oxygens (including phenoxy) is 1. The molecule has 10 heteroatoms. The molecule has 0 atom stereocenters. The zero-order chi connectivity index (χ0) is 26.4. The predicted molar refractivity (Wildman–Crippen MR) is 145 cm³/mol. The monoisotopic (exact) mass is 522 g/mol. The zero-order valence-corrected chi connectivity index (χ0v) is 21.8. The molecule has 1 N–H and O–H groups in total. The summed E-state index contributed by atoms with van der Waals surface area (Å²) < 4.78 is 5.11. The van der Waals surface area contributed by atoms with Crippen molar-refractivity contribution in [1.82, 2.24) is 4.90 Å². The summed E-state index contributed by atoms with van der Waals surface area (Å²) in [5.74, 6) is -1.03. The smallest absolute Gasteiger partial charge is 0.341 e. The summed E-state index contributed by atoms with van der Waals surface area (Å²) in [5, 5.41) is 15.1. The summed E-state index contributed by atoms with van der Waals surface area (Å²) in [4.78, 5) is 42.1. The van der Waals surface area contributed by atoms with E-state index in [1.165, 1.54) is 23.0 Å². The van der Waals surface area contributed by atoms with E-state index in [9.17, 15) is 19.7 Å². The molecule has 3 aromatic rings. The number of carbonyl (C=O) groups excluding carboxylic acids is 2. The Balaban J connectivity index is 1.48. The first kappa shape index (κ1) is 26.3. The van der Waals surface area contributed by atoms with Crippen LogP contribution >= 0.6 is 11.3 Å². The number of thiophene rings is 1. The Kier molecular flexibility index (Phi) is 8.52. The van der Waals surface area contributed by atoms with E-state index in [0.29, 0.717) is 30.2 Å². The van der Waals surface area contributed by atoms with Gasteiger partial charge in [0.25, 0.3) is 11.6 Å². The lowest BCUT2D eigenvalue weighted by Gasteiger charge is -2.35. The van der Waals surface area contributed by atoms with Crippen LogP contribution in [0.2, 0.25) is 0 Å². The standard InChI is InChI=1S/C27H30N4O5S/c1-3-21-17-22(27(33)36-4-2)26(37-21)28-25(32)20-10-11-23(24(16-20)31(34)35)30-14-12-29(13-15-30)18-19-8-6-5-7-9-19/h5-11,16-17H,3-4,12-15,18H2,1-2H3,(H,28,32). The minimum atomic E-state index is -0.516. The van der Waals surface area contributed by atoms with Crippen LogP contribution in [-0.4, -0.2) is 54.5 Å². The van der Waals surface area contributed by atoms with Crippen molar-refractivity contribution in [3.05, 3.63) is 86.3 Å². The highest BCUT2D eigenvalue weighted by Crippen LogP contribution is 2.33. The van der Waals surface area contributed by atoms with Gasteiger partial charge in [-0.15, -0.1) is 11.3 Å². The van der Waals surface area contributed by atoms with Crippen LogP contribution in [0.25, 0.3) is 0 Å². The van der Waals surface area contributed by atoms with E-state index >= 15 is 0 Å². The third kappa shape index (κ3) is 6.33. The van der Waals surface area contributed by atoms with Crippen molar-refractivity contribution in [2.75, 3.05) is 43.0 Å². The maximum Gasteiger partial charge on any atom is 0.341 e. The number of anilines is 2. The second-order valence-electron chi connectivity index (χ2n) is 8.69. The number of nitro groups is 1. The number of esters is 1. The second kappa shape index (κ2) is 12.0. The first-order valence-corrected chi connectivity index (χ1v) is 13.1. The highest BCUT2D eigenvalue weighted by Gasteiger charge is 2.26. The molecule has 1 aliphatic rings. The average Bonchev–Trinajstić information content (AvgIpc) is 3.32. The molecule has 0 spiro atoms. The normalized spacial score (nSPS) is 13.8. The fourth-order valence-electron chi connectivity index (χ4n) is 4.31. The Bertz CT molecular complexity index is 1270. The summed E-state index contributed by atoms with van der Waals surface area (Å²) in [6.07, 6.45) is 0.700. The van der Waals surface area contributed by atoms with E-state index in [2.05, 4.69) is 22.3 Å². The van der Waals surface area contributed by atoms with E-state index in [4.69, 9.17) is 4.74 Å². The van der Waals surface area contributed by atoms with Crippen molar-refractivity contribution in [2.45, 2.75) is 26.8 Å². The van der Waals surface area contributed by atoms with E-state index in [-0.39, 0.29) is 23.4 Å². The molecule has 1 saturated heterocycles. The molecule has 0 aliphatic carbocycles. The van der Waals surface area contributed by atoms with E-state index in [1.54, 1.807) is 25.1 Å². The maximum absolute atomic E-state index is 13.0. The number of benzene rings is 2. The fourth-order valence-corrected chi connectivity index (χ4v) is 5.29. The molecular formula is C27H30N4O5S. The van der Waals surface area contributed by atoms with Gasteiger partial charge in [0, 0.05) is 49.2 Å². The number of aryl methyl sites for hydroxylation is 1. The lowest BCUT2D eigenvalue weighted by Crippen LogP contribution is -2.46. The van der Waals surface area contributed by atoms with Crippen LogP contribution in [-0.2, 0) is 17.7 Å². The van der Waals surface area contributed by atoms with Crippen LogP contribution in [0.15, 0.2) is 54.6 Å². The van der Waals surface area contributed by atoms with Crippen LogP contribution < -0.4 is 10.2 Å². The molecule has 1 amide bonds. The molecule has 9 nitrogen and oxygen atoms in total. The number of hydrogen-bond acceptors (Lipinski definition) is 8. The van der Waals surface area contributed by atoms with Crippen LogP contribution in [0, 0.1) is 10.1 Å². The molecule has 4 rings (SSSR count). The zero-order valence-electron chi connectivity index (χ0n) is 20.9. The van der Waals surface area contributed by atoms with Gasteiger partial charge in [-0.1, -0.05) is 37.3 Å². The van der Waals surface area contributed by atoms with Crippen molar-refractivity contribution >= 4 is 39.6 Å². The van der Waals surface area contributed by atoms with Crippen molar-refractivity contribution in [2.24, 2.45) is 0 Å². The maximum atomic E-state index is 13.0. The number of nitrogens with one attached hydrogen (secondary N) is 1. The summed E-state index contributed by atoms with van der Waals surface area (Å²) in [7, 11) is 0. The van der Waals surface area contributed by atoms with Crippen LogP contribution in [0.4, 0.5) is 16.4 Å². The predicted octanol–water partition coefficient (Wildman–Crippen LogP) is 4.97. The largest absolute Gasteiger partial charge is 0.462 e. The van der Waals surface area contributed by atoms with Gasteiger partial charge in [0.15, 0.2) is 0 Å². The number of amides is 1. The van der Waals surface area contributed by atoms with Gasteiger partial charge in [-0.3, -0.25) is 19.8 Å². The van der Waals surface area contributed by atoms with Gasteiger partial charge >= 0.3 is 5.97 Å². The van der Waals surface area contributed by atoms with Gasteiger partial charge in [-0.2, -0.15) is 0 Å². The van der Waals surface area contributed by atoms with Crippen LogP contribution in [0.3, 0.4) is 0 Å². The van der Waals surface area contributed by atoms with Gasteiger partial charge < -0.3 is 15.0 Å². The Hall–Kier alpha value is -3.76. The van der Waals surface area contributed by atoms with E-state index in [0.717, 1.165) is 24.5 Å². The summed E-state index contributed by atoms with van der Waals surface area (Å²) in [6, 6.07) is 16.5. The summed E-state index contributed by atoms with van der Waals surface area (Å²) >= 11 is 1.29. The highest BCUT2D eigenvalue weighted by atomic mass is 32.1. The van der Waals surface area contributed by atoms with Gasteiger partial charge in [0.1, 0.15) is 10.7 Å². The molecular weight excluding hydrogens is 492 g/mol. The quantitative estimate of drug-likeness (QED) is 0.240. The molecule has 1 fully saturated rings. The minimum Gasteiger partial charge on any atom is -0.462 e. The molecule has 194 valence electrons. The molecule has 0 saturated carbocycles. The topological polar surface area (TPSA) is 105 Å². The third-order valence-electron chi connectivity index (χ3n) is 6.25. The lowest BCUT2D eigenvalue weighted by molar-refractivity contribution is -0.384. The number of carbonyl (C=O) groups is 2. The summed E-state index contributed by atoms with van der Waals surface area (Å²) in [6.45, 7) is 7.59. The van der Waals surface area contributed by atoms with E-state index in [1.807, 2.05) is 30.0 Å². The first-order valence-electron chi connectivity index (χ1n) is 12.3. The number of nitrogens with zero attached hydrogens (tertiary/aromatic N) is 3. The van der Waals surface area contributed by atoms with Crippen molar-refractivity contribution < 1.29 is 19.2 Å². The molecule has 2 aromatic carbocycles. The third-order valence-corrected chi connectivity index (χ3v) is 7.45. The first-order chi connectivity index (χ1) is 17.9. The van der Waals surface area contributed by atoms with Crippen LogP contribution in [0.1, 0.15) is 45.0 Å². The van der Waals surface area contributed by atoms with Crippen LogP contribution in [0.5, 0.6) is 0 Å². The molecule has 37 heavy (non-hydrogen) atoms. The van der Waals surface area contributed by atoms with Crippen molar-refractivity contribution in [1.29, 1.82) is 0 Å². The second-order valence-corrected chi connectivity index (χ2v) is 9.83. The number of piperazine rings is 1. The molecule has 1 aromatic heterocycles. The molecule has 0 bridgehead atoms. The molecule has 2 heterocycles. The molecule has 1 aliphatic heterocycles. The van der Waals surface area contributed by atoms with E-state index < -0.39 is 16.8 Å². The Morgan fingerprint density at radius 2 is 1.78 bits per heavy atom. The Morgan fingerprint density at radius 3 is 2.43 bits per heavy atom. The average molecular weight is 523 g/mol. The minimum absolute atomic E-state index is 0.116. The van der Waals surface area contributed by atoms with Crippen molar-refractivity contribution in [3.63, 3.8) is 0 Å². The lowest BCUT2D eigenvalue weighted by atomic mass is 10.1. The van der Waals surface area contributed by atoms with Gasteiger partial charge in [0.05, 0.1) is 17.1 Å². The van der Waals surface area contributed by atoms with Gasteiger partial charge in [-0.25, -0.2) is 4.79 Å². The Morgan fingerprint density at radius 1 is 1.05 bits per heavy atom. The number of rotatable bonds is 9. The highest BCUT2D eigenvalue weighted by molar-refractivity contribution is 7.16. The molecule has 0 unspecified atom stereocenters. The SMILES string of the molecule is CCOC(=O)c1cc(CC)sc1NC(=O)c1ccc(N2CCN(Cc3ccccc3)CC2)c([N+](=O)[O-])c1. The number of nitro benzene ring substituents is 1. The Labute approximate surface area is 219 Å². The van der Waals surface area contributed by atoms with Gasteiger partial charge in [0.2, 0.25) is 0 Å². The van der Waals surface area contributed by atoms with Crippen molar-refractivity contribution in [3.8, 4) is 0 Å². The fraction of sp³-hybridized carbons (Fsp3) is 0.333. The van der Waals surface area contributed by atoms with Gasteiger partial charge in [-0.05, 0) is 37.1 Å². The number of hydrogen-bond donors (Lipinski definition) is 1. The summed E-state index contributed by atoms with van der Waals surface area (Å²) in [5.41, 5.74) is 2.06.